The van der Waals surface area contributed by atoms with Crippen molar-refractivity contribution in [2.24, 2.45) is 0 Å². The van der Waals surface area contributed by atoms with Gasteiger partial charge in [-0.15, -0.1) is 0 Å². The molecule has 5 nitrogen and oxygen atoms in total. The van der Waals surface area contributed by atoms with Crippen LogP contribution in [0.25, 0.3) is 0 Å². The van der Waals surface area contributed by atoms with E-state index in [1.165, 1.54) is 95.9 Å². The standard InChI is InChI=1S/C18H40NO.C7H8O3S/c1-4-6-8-10-12-14-16-19(3,17-18-20)15-13-11-9-7-5-2;1-6-2-4-7(5-3-6)11(8,9)10/h20H,4-18H2,1-3H3;2-5H,1H3,(H,8,9,10)/q+1;/p-1. The molecule has 1 unspecified atom stereocenters. The Labute approximate surface area is 192 Å². The van der Waals surface area contributed by atoms with Gasteiger partial charge < -0.3 is 14.1 Å². The molecule has 0 amide bonds. The molecule has 0 aromatic heterocycles. The second kappa shape index (κ2) is 17.6. The second-order valence-corrected chi connectivity index (χ2v) is 10.3. The lowest BCUT2D eigenvalue weighted by molar-refractivity contribution is -0.910. The Bertz CT molecular complexity index is 646. The molecule has 6 heteroatoms. The number of benzene rings is 1. The Kier molecular flexibility index (Phi) is 17.0. The van der Waals surface area contributed by atoms with Gasteiger partial charge in [0.1, 0.15) is 16.7 Å². The van der Waals surface area contributed by atoms with Crippen LogP contribution in [0.15, 0.2) is 29.2 Å². The Morgan fingerprint density at radius 3 is 1.58 bits per heavy atom. The molecule has 0 aliphatic carbocycles. The van der Waals surface area contributed by atoms with E-state index in [1.54, 1.807) is 12.1 Å². The number of aliphatic hydroxyl groups excluding tert-OH is 1. The number of rotatable bonds is 16. The van der Waals surface area contributed by atoms with Gasteiger partial charge in [0.05, 0.1) is 31.6 Å². The van der Waals surface area contributed by atoms with Gasteiger partial charge in [0.15, 0.2) is 0 Å². The fourth-order valence-corrected chi connectivity index (χ4v) is 4.12. The number of likely N-dealkylation sites (N-methyl/N-ethyl adjacent to an activating group) is 1. The summed E-state index contributed by atoms with van der Waals surface area (Å²) in [7, 11) is -1.93. The van der Waals surface area contributed by atoms with Gasteiger partial charge in [-0.05, 0) is 44.7 Å². The van der Waals surface area contributed by atoms with Crippen molar-refractivity contribution >= 4 is 10.1 Å². The van der Waals surface area contributed by atoms with Crippen LogP contribution in [-0.4, -0.2) is 55.8 Å². The molecular formula is C25H47NO4S. The highest BCUT2D eigenvalue weighted by molar-refractivity contribution is 7.85. The third-order valence-corrected chi connectivity index (χ3v) is 6.65. The van der Waals surface area contributed by atoms with Gasteiger partial charge in [-0.25, -0.2) is 8.42 Å². The molecule has 0 aliphatic heterocycles. The van der Waals surface area contributed by atoms with Crippen LogP contribution in [0, 0.1) is 6.92 Å². The van der Waals surface area contributed by atoms with Gasteiger partial charge in [0.2, 0.25) is 0 Å². The molecule has 0 fully saturated rings. The maximum Gasteiger partial charge on any atom is 0.124 e. The van der Waals surface area contributed by atoms with Crippen molar-refractivity contribution in [2.75, 3.05) is 33.3 Å². The molecule has 0 heterocycles. The topological polar surface area (TPSA) is 77.4 Å². The minimum atomic E-state index is -4.27. The summed E-state index contributed by atoms with van der Waals surface area (Å²) < 4.78 is 32.2. The maximum absolute atomic E-state index is 10.4. The number of unbranched alkanes of at least 4 members (excludes halogenated alkanes) is 9. The molecule has 0 radical (unpaired) electrons. The van der Waals surface area contributed by atoms with E-state index in [0.717, 1.165) is 16.6 Å². The summed E-state index contributed by atoms with van der Waals surface area (Å²) in [5, 5.41) is 9.30. The molecular weight excluding hydrogens is 410 g/mol. The van der Waals surface area contributed by atoms with Gasteiger partial charge in [-0.3, -0.25) is 0 Å². The van der Waals surface area contributed by atoms with E-state index in [2.05, 4.69) is 20.9 Å². The first-order chi connectivity index (χ1) is 14.7. The predicted molar refractivity (Wildman–Crippen MR) is 129 cm³/mol. The molecule has 1 aromatic rings. The van der Waals surface area contributed by atoms with Gasteiger partial charge >= 0.3 is 0 Å². The van der Waals surface area contributed by atoms with Crippen LogP contribution < -0.4 is 0 Å². The average Bonchev–Trinajstić information content (AvgIpc) is 2.71. The van der Waals surface area contributed by atoms with Crippen molar-refractivity contribution in [3.8, 4) is 0 Å². The first-order valence-corrected chi connectivity index (χ1v) is 13.6. The smallest absolute Gasteiger partial charge is 0.124 e. The Morgan fingerprint density at radius 2 is 1.19 bits per heavy atom. The first kappa shape index (κ1) is 30.0. The summed E-state index contributed by atoms with van der Waals surface area (Å²) in [6.45, 7) is 10.1. The minimum Gasteiger partial charge on any atom is -0.744 e. The van der Waals surface area contributed by atoms with Gasteiger partial charge in [-0.2, -0.15) is 0 Å². The molecule has 182 valence electrons. The van der Waals surface area contributed by atoms with Crippen molar-refractivity contribution in [1.29, 1.82) is 0 Å². The quantitative estimate of drug-likeness (QED) is 0.197. The summed E-state index contributed by atoms with van der Waals surface area (Å²) in [5.41, 5.74) is 0.928. The van der Waals surface area contributed by atoms with Crippen LogP contribution in [0.1, 0.15) is 90.0 Å². The molecule has 1 rings (SSSR count). The molecule has 0 spiro atoms. The largest absolute Gasteiger partial charge is 0.744 e. The highest BCUT2D eigenvalue weighted by atomic mass is 32.2. The van der Waals surface area contributed by atoms with Crippen LogP contribution in [0.5, 0.6) is 0 Å². The second-order valence-electron chi connectivity index (χ2n) is 8.96. The SMILES string of the molecule is CCCCCCCC[N+](C)(CCO)CCCCCCC.Cc1ccc(S(=O)(=O)[O-])cc1. The van der Waals surface area contributed by atoms with E-state index in [9.17, 15) is 18.1 Å². The molecule has 1 atom stereocenters. The Balaban J connectivity index is 0.000000683. The van der Waals surface area contributed by atoms with E-state index in [4.69, 9.17) is 0 Å². The molecule has 0 saturated heterocycles. The summed E-state index contributed by atoms with van der Waals surface area (Å²) in [5.74, 6) is 0. The summed E-state index contributed by atoms with van der Waals surface area (Å²) >= 11 is 0. The van der Waals surface area contributed by atoms with Crippen LogP contribution >= 0.6 is 0 Å². The monoisotopic (exact) mass is 457 g/mol. The third kappa shape index (κ3) is 16.4. The summed E-state index contributed by atoms with van der Waals surface area (Å²) in [6, 6.07) is 5.78. The van der Waals surface area contributed by atoms with Crippen LogP contribution in [0.3, 0.4) is 0 Å². The highest BCUT2D eigenvalue weighted by Crippen LogP contribution is 2.13. The van der Waals surface area contributed by atoms with Crippen LogP contribution in [0.2, 0.25) is 0 Å². The normalized spacial score (nSPS) is 13.4. The van der Waals surface area contributed by atoms with Crippen molar-refractivity contribution in [2.45, 2.75) is 96.3 Å². The zero-order valence-electron chi connectivity index (χ0n) is 20.4. The highest BCUT2D eigenvalue weighted by Gasteiger charge is 2.19. The third-order valence-electron chi connectivity index (χ3n) is 5.80. The zero-order valence-corrected chi connectivity index (χ0v) is 21.3. The summed E-state index contributed by atoms with van der Waals surface area (Å²) in [4.78, 5) is -0.178. The summed E-state index contributed by atoms with van der Waals surface area (Å²) in [6.07, 6.45) is 15.0. The van der Waals surface area contributed by atoms with Gasteiger partial charge in [0.25, 0.3) is 0 Å². The number of quaternary nitrogens is 1. The average molecular weight is 458 g/mol. The van der Waals surface area contributed by atoms with Gasteiger partial charge in [0, 0.05) is 0 Å². The Morgan fingerprint density at radius 1 is 0.774 bits per heavy atom. The number of nitrogens with zero attached hydrogens (tertiary/aromatic N) is 1. The molecule has 1 N–H and O–H groups in total. The lowest BCUT2D eigenvalue weighted by atomic mass is 10.1. The molecule has 0 bridgehead atoms. The molecule has 31 heavy (non-hydrogen) atoms. The van der Waals surface area contributed by atoms with E-state index >= 15 is 0 Å². The van der Waals surface area contributed by atoms with E-state index in [-0.39, 0.29) is 4.90 Å². The molecule has 1 aromatic carbocycles. The number of hydrogen-bond donors (Lipinski definition) is 1. The predicted octanol–water partition coefficient (Wildman–Crippen LogP) is 5.66. The van der Waals surface area contributed by atoms with Crippen molar-refractivity contribution in [3.05, 3.63) is 29.8 Å². The Hall–Kier alpha value is -0.950. The van der Waals surface area contributed by atoms with Gasteiger partial charge in [-0.1, -0.05) is 76.5 Å². The maximum atomic E-state index is 10.4. The lowest BCUT2D eigenvalue weighted by Gasteiger charge is -2.34. The zero-order chi connectivity index (χ0) is 23.6. The number of aliphatic hydroxyl groups is 1. The minimum absolute atomic E-state index is 0.178. The van der Waals surface area contributed by atoms with Crippen LogP contribution in [-0.2, 0) is 10.1 Å². The van der Waals surface area contributed by atoms with E-state index < -0.39 is 10.1 Å². The van der Waals surface area contributed by atoms with Crippen molar-refractivity contribution in [1.82, 2.24) is 0 Å². The van der Waals surface area contributed by atoms with Crippen molar-refractivity contribution < 1.29 is 22.6 Å². The fraction of sp³-hybridized carbons (Fsp3) is 0.760. The number of aryl methyl sites for hydroxylation is 1. The molecule has 0 aliphatic rings. The lowest BCUT2D eigenvalue weighted by Crippen LogP contribution is -2.47. The van der Waals surface area contributed by atoms with Crippen LogP contribution in [0.4, 0.5) is 0 Å². The number of hydrogen-bond acceptors (Lipinski definition) is 4. The molecule has 0 saturated carbocycles. The van der Waals surface area contributed by atoms with Crippen molar-refractivity contribution in [3.63, 3.8) is 0 Å². The first-order valence-electron chi connectivity index (χ1n) is 12.2. The van der Waals surface area contributed by atoms with E-state index in [0.29, 0.717) is 6.61 Å². The van der Waals surface area contributed by atoms with E-state index in [1.807, 2.05) is 6.92 Å². The fourth-order valence-electron chi connectivity index (χ4n) is 3.65.